The van der Waals surface area contributed by atoms with Crippen LogP contribution in [0.5, 0.6) is 0 Å². The van der Waals surface area contributed by atoms with Crippen molar-refractivity contribution in [3.63, 3.8) is 0 Å². The van der Waals surface area contributed by atoms with Gasteiger partial charge in [-0.3, -0.25) is 14.2 Å². The third-order valence-electron chi connectivity index (χ3n) is 3.14. The summed E-state index contributed by atoms with van der Waals surface area (Å²) in [6, 6.07) is 3.97. The lowest BCUT2D eigenvalue weighted by molar-refractivity contribution is -0.117. The van der Waals surface area contributed by atoms with E-state index in [2.05, 4.69) is 4.98 Å². The number of thioether (sulfide) groups is 1. The van der Waals surface area contributed by atoms with E-state index < -0.39 is 0 Å². The van der Waals surface area contributed by atoms with Crippen LogP contribution in [0.25, 0.3) is 20.7 Å². The predicted octanol–water partition coefficient (Wildman–Crippen LogP) is 2.69. The fraction of sp³-hybridized carbons (Fsp3) is 0.214. The number of carbonyl (C=O) groups excluding carboxylic acids is 1. The van der Waals surface area contributed by atoms with Crippen molar-refractivity contribution in [2.24, 2.45) is 12.8 Å². The number of carbonyl (C=O) groups is 1. The normalized spacial score (nSPS) is 11.1. The lowest BCUT2D eigenvalue weighted by atomic mass is 10.2. The Labute approximate surface area is 138 Å². The Hall–Kier alpha value is -1.64. The number of aromatic nitrogens is 2. The summed E-state index contributed by atoms with van der Waals surface area (Å²) in [5.74, 6) is 0.166. The number of hydrogen-bond acceptors (Lipinski definition) is 6. The number of hydrogen-bond donors (Lipinski definition) is 1. The van der Waals surface area contributed by atoms with E-state index in [1.807, 2.05) is 22.9 Å². The van der Waals surface area contributed by atoms with Gasteiger partial charge in [0.1, 0.15) is 4.83 Å². The fourth-order valence-corrected chi connectivity index (χ4v) is 4.77. The molecule has 0 unspecified atom stereocenters. The van der Waals surface area contributed by atoms with Gasteiger partial charge in [0.05, 0.1) is 5.39 Å². The molecule has 2 N–H and O–H groups in total. The molecule has 22 heavy (non-hydrogen) atoms. The van der Waals surface area contributed by atoms with E-state index in [1.165, 1.54) is 27.7 Å². The summed E-state index contributed by atoms with van der Waals surface area (Å²) in [6.45, 7) is 0. The van der Waals surface area contributed by atoms with Crippen LogP contribution in [0, 0.1) is 0 Å². The van der Waals surface area contributed by atoms with Crippen molar-refractivity contribution in [2.75, 3.05) is 5.75 Å². The van der Waals surface area contributed by atoms with Gasteiger partial charge in [-0.05, 0) is 11.4 Å². The Balaban J connectivity index is 2.04. The number of fused-ring (bicyclic) bond motifs is 1. The second-order valence-corrected chi connectivity index (χ2v) is 7.50. The molecule has 0 spiro atoms. The minimum Gasteiger partial charge on any atom is -0.370 e. The molecule has 5 nitrogen and oxygen atoms in total. The lowest BCUT2D eigenvalue weighted by Crippen LogP contribution is -2.20. The lowest BCUT2D eigenvalue weighted by Gasteiger charge is -2.06. The quantitative estimate of drug-likeness (QED) is 0.566. The second kappa shape index (κ2) is 6.23. The van der Waals surface area contributed by atoms with Crippen LogP contribution < -0.4 is 11.3 Å². The van der Waals surface area contributed by atoms with E-state index in [0.717, 1.165) is 15.3 Å². The van der Waals surface area contributed by atoms with Crippen molar-refractivity contribution < 1.29 is 4.79 Å². The zero-order valence-electron chi connectivity index (χ0n) is 11.7. The van der Waals surface area contributed by atoms with Crippen LogP contribution in [-0.4, -0.2) is 21.2 Å². The Kier molecular flexibility index (Phi) is 4.32. The smallest absolute Gasteiger partial charge is 0.263 e. The van der Waals surface area contributed by atoms with Crippen LogP contribution in [0.3, 0.4) is 0 Å². The maximum absolute atomic E-state index is 12.7. The molecular weight excluding hydrogens is 338 g/mol. The van der Waals surface area contributed by atoms with Gasteiger partial charge in [-0.2, -0.15) is 0 Å². The van der Waals surface area contributed by atoms with Gasteiger partial charge in [-0.15, -0.1) is 22.7 Å². The Morgan fingerprint density at radius 3 is 2.95 bits per heavy atom. The highest BCUT2D eigenvalue weighted by Crippen LogP contribution is 2.34. The first kappa shape index (κ1) is 15.3. The second-order valence-electron chi connectivity index (χ2n) is 4.63. The number of nitrogens with two attached hydrogens (primary N) is 1. The largest absolute Gasteiger partial charge is 0.370 e. The topological polar surface area (TPSA) is 78.0 Å². The van der Waals surface area contributed by atoms with Gasteiger partial charge in [-0.25, -0.2) is 4.98 Å². The summed E-state index contributed by atoms with van der Waals surface area (Å²) in [7, 11) is 1.71. The molecule has 8 heteroatoms. The Morgan fingerprint density at radius 1 is 1.45 bits per heavy atom. The highest BCUT2D eigenvalue weighted by Gasteiger charge is 2.16. The molecule has 0 aliphatic carbocycles. The highest BCUT2D eigenvalue weighted by molar-refractivity contribution is 7.99. The van der Waals surface area contributed by atoms with Crippen LogP contribution in [0.4, 0.5) is 0 Å². The van der Waals surface area contributed by atoms with Crippen molar-refractivity contribution in [2.45, 2.75) is 11.6 Å². The van der Waals surface area contributed by atoms with Gasteiger partial charge in [0.25, 0.3) is 5.56 Å². The molecule has 3 heterocycles. The average Bonchev–Trinajstić information content (AvgIpc) is 3.12. The van der Waals surface area contributed by atoms with Crippen molar-refractivity contribution in [3.05, 3.63) is 33.2 Å². The third-order valence-corrected chi connectivity index (χ3v) is 5.95. The first-order chi connectivity index (χ1) is 10.6. The molecule has 0 aromatic carbocycles. The molecule has 3 rings (SSSR count). The van der Waals surface area contributed by atoms with Crippen LogP contribution in [0.2, 0.25) is 0 Å². The summed E-state index contributed by atoms with van der Waals surface area (Å²) < 4.78 is 1.54. The number of thiophene rings is 2. The zero-order chi connectivity index (χ0) is 15.7. The van der Waals surface area contributed by atoms with E-state index in [-0.39, 0.29) is 17.9 Å². The summed E-state index contributed by atoms with van der Waals surface area (Å²) in [4.78, 5) is 29.8. The van der Waals surface area contributed by atoms with E-state index in [0.29, 0.717) is 16.3 Å². The Morgan fingerprint density at radius 2 is 2.27 bits per heavy atom. The summed E-state index contributed by atoms with van der Waals surface area (Å²) in [5, 5.41) is 5.24. The van der Waals surface area contributed by atoms with Gasteiger partial charge >= 0.3 is 0 Å². The minimum atomic E-state index is -0.352. The van der Waals surface area contributed by atoms with Crippen LogP contribution in [0.1, 0.15) is 6.42 Å². The van der Waals surface area contributed by atoms with Crippen LogP contribution in [-0.2, 0) is 11.8 Å². The zero-order valence-corrected chi connectivity index (χ0v) is 14.2. The molecular formula is C14H13N3O2S3. The SMILES string of the molecule is Cn1c(SCCC(N)=O)nc2scc(-c3cccs3)c2c1=O. The van der Waals surface area contributed by atoms with Gasteiger partial charge in [-0.1, -0.05) is 17.8 Å². The van der Waals surface area contributed by atoms with E-state index in [4.69, 9.17) is 5.73 Å². The number of amides is 1. The monoisotopic (exact) mass is 351 g/mol. The molecule has 0 bridgehead atoms. The van der Waals surface area contributed by atoms with Gasteiger partial charge in [0.2, 0.25) is 5.91 Å². The average molecular weight is 351 g/mol. The van der Waals surface area contributed by atoms with E-state index >= 15 is 0 Å². The van der Waals surface area contributed by atoms with Crippen molar-refractivity contribution >= 4 is 50.6 Å². The molecule has 0 fully saturated rings. The fourth-order valence-electron chi connectivity index (χ4n) is 2.04. The van der Waals surface area contributed by atoms with Gasteiger partial charge in [0, 0.05) is 35.0 Å². The van der Waals surface area contributed by atoms with Crippen LogP contribution >= 0.6 is 34.4 Å². The van der Waals surface area contributed by atoms with E-state index in [1.54, 1.807) is 18.4 Å². The summed E-state index contributed by atoms with van der Waals surface area (Å²) in [5.41, 5.74) is 6.02. The molecule has 0 radical (unpaired) electrons. The Bertz CT molecular complexity index is 881. The first-order valence-electron chi connectivity index (χ1n) is 6.51. The highest BCUT2D eigenvalue weighted by atomic mass is 32.2. The minimum absolute atomic E-state index is 0.0591. The molecule has 3 aromatic rings. The summed E-state index contributed by atoms with van der Waals surface area (Å²) in [6.07, 6.45) is 0.267. The van der Waals surface area contributed by atoms with Gasteiger partial charge in [0.15, 0.2) is 5.16 Å². The molecule has 0 saturated heterocycles. The third kappa shape index (κ3) is 2.81. The summed E-state index contributed by atoms with van der Waals surface area (Å²) >= 11 is 4.44. The molecule has 114 valence electrons. The first-order valence-corrected chi connectivity index (χ1v) is 9.25. The van der Waals surface area contributed by atoms with Crippen molar-refractivity contribution in [1.82, 2.24) is 9.55 Å². The number of nitrogens with zero attached hydrogens (tertiary/aromatic N) is 2. The van der Waals surface area contributed by atoms with Crippen LogP contribution in [0.15, 0.2) is 32.8 Å². The number of primary amides is 1. The van der Waals surface area contributed by atoms with E-state index in [9.17, 15) is 9.59 Å². The molecule has 0 aliphatic rings. The molecule has 0 aliphatic heterocycles. The maximum Gasteiger partial charge on any atom is 0.263 e. The standard InChI is InChI=1S/C14H13N3O2S3/c1-17-13(19)11-8(9-3-2-5-20-9)7-22-12(11)16-14(17)21-6-4-10(15)18/h2-3,5,7H,4,6H2,1H3,(H2,15,18). The molecule has 0 atom stereocenters. The van der Waals surface area contributed by atoms with Gasteiger partial charge < -0.3 is 5.73 Å². The maximum atomic E-state index is 12.7. The molecule has 3 aromatic heterocycles. The van der Waals surface area contributed by atoms with Crippen molar-refractivity contribution in [3.8, 4) is 10.4 Å². The predicted molar refractivity (Wildman–Crippen MR) is 92.7 cm³/mol. The number of rotatable bonds is 5. The molecule has 0 saturated carbocycles. The molecule has 1 amide bonds. The van der Waals surface area contributed by atoms with Crippen molar-refractivity contribution in [1.29, 1.82) is 0 Å².